The number of fused-ring (bicyclic) bond motifs is 16. The van der Waals surface area contributed by atoms with E-state index in [1.54, 1.807) is 48.5 Å². The predicted octanol–water partition coefficient (Wildman–Crippen LogP) is 21.2. The molecule has 7 aromatic carbocycles. The van der Waals surface area contributed by atoms with Crippen molar-refractivity contribution in [2.24, 2.45) is 200 Å². The maximum atomic E-state index is 16.1. The monoisotopic (exact) mass is 1680 g/mol. The zero-order chi connectivity index (χ0) is 82.6. The maximum absolute atomic E-state index is 16.1. The van der Waals surface area contributed by atoms with E-state index in [0.717, 1.165) is 268 Å². The number of nitrogen functional groups attached to an aromatic ring is 2. The number of anilines is 2. The fraction of sp³-hybridized carbons (Fsp3) is 0.618. The normalized spacial score (nSPS) is 43.0. The van der Waals surface area contributed by atoms with Crippen LogP contribution < -0.4 is 28.1 Å². The Morgan fingerprint density at radius 3 is 1.26 bits per heavy atom. The standard InChI is InChI=1S/C110H120N10O6/c111-55-37-81-83(47-115-43-51-13-17-61-69-25-21-65-57-9-1-5-49-6-2-10-58(93(49)57)66-22-26-70(99(69)97(65)66)62-18-14-52(44-115)91(51)95(61)62)85(112)41-86-105(81)89(38-55)117-107(113-86)77-33-29-73-76-32-36-80-104-78(34-30-74(102(76)104)75-31-35-79(109(117)121)103(77)101(73)75)108-114-87-42-88(120(125)126)84(82-39-56(119(123)124)40-90(106(82)87)118(108)110(80)122)48-116-45-53-15-19-63-71-27-23-67-59-11-3-7-50-8-4-12-60(94(50)59)68-24-28-72(100(71)98(67)68)64-20-16-54(46-116)92(53)96(63)64/h29-42,49-54,57-72,90-100,106H,1-28,43-48,111-112H2. The summed E-state index contributed by atoms with van der Waals surface area (Å²) in [6, 6.07) is 21.7. The third-order valence-corrected chi connectivity index (χ3v) is 44.4. The van der Waals surface area contributed by atoms with Gasteiger partial charge in [-0.25, -0.2) is 9.98 Å². The van der Waals surface area contributed by atoms with Crippen molar-refractivity contribution in [2.45, 2.75) is 192 Å². The highest BCUT2D eigenvalue weighted by Gasteiger charge is 2.70. The SMILES string of the molecule is Nc1cc2c(CN3CC4CCC5C6CCC7C8CCCC9CCCC(C%10CCC(C%11CCC(C3)C4C5%11)C6C7%10)C98)c(N)cc3nc4c5ccc6c7ccc8c(=O)n9c(c%10ccc(c%11ccc(c(=O)n4c(c1)c32)c5c%116)c7c8%10)=NC1=CC([N+](=O)[O-])=C(CN2CC3CCC4C5CCC6C7CCCC8CCCC(C%10CCC(C%11CCC(C2)C3C4%11)C5C6%10)C87)C2=CC([N+](=O)[O-])=CC9C12. The molecule has 3 aliphatic heterocycles. The summed E-state index contributed by atoms with van der Waals surface area (Å²) in [6.45, 7) is 5.10. The van der Waals surface area contributed by atoms with Gasteiger partial charge in [-0.05, 0) is 409 Å². The molecule has 6 heterocycles. The number of nitro groups is 2. The zero-order valence-corrected chi connectivity index (χ0v) is 72.9. The maximum Gasteiger partial charge on any atom is 0.276 e. The van der Waals surface area contributed by atoms with E-state index in [2.05, 4.69) is 46.2 Å². The molecular weight excluding hydrogens is 1560 g/mol. The number of piperidine rings is 2. The second kappa shape index (κ2) is 25.9. The van der Waals surface area contributed by atoms with Crippen LogP contribution in [0, 0.1) is 216 Å². The molecular formula is C110H120N10O6. The largest absolute Gasteiger partial charge is 0.399 e. The van der Waals surface area contributed by atoms with Crippen LogP contribution in [0.5, 0.6) is 0 Å². The summed E-state index contributed by atoms with van der Waals surface area (Å²) in [5.74, 6) is 28.7. The average Bonchev–Trinajstić information content (AvgIpc) is 0.690. The Labute approximate surface area is 734 Å². The Morgan fingerprint density at radius 2 is 0.794 bits per heavy atom. The number of likely N-dealkylation sites (tertiary alicyclic amines) is 2. The molecule has 18 aliphatic carbocycles. The zero-order valence-electron chi connectivity index (χ0n) is 72.9. The van der Waals surface area contributed by atoms with Crippen LogP contribution in [0.4, 0.5) is 11.4 Å². The number of pyridine rings is 2. The summed E-state index contributed by atoms with van der Waals surface area (Å²) in [7, 11) is 0. The van der Waals surface area contributed by atoms with Gasteiger partial charge >= 0.3 is 0 Å². The number of nitrogens with two attached hydrogens (primary N) is 2. The van der Waals surface area contributed by atoms with E-state index in [1.807, 2.05) is 34.7 Å². The van der Waals surface area contributed by atoms with Crippen LogP contribution in [-0.4, -0.2) is 66.3 Å². The Bertz CT molecular complexity index is 6730. The van der Waals surface area contributed by atoms with E-state index in [9.17, 15) is 20.2 Å². The second-order valence-electron chi connectivity index (χ2n) is 47.5. The van der Waals surface area contributed by atoms with Gasteiger partial charge in [0, 0.05) is 112 Å². The highest BCUT2D eigenvalue weighted by Crippen LogP contribution is 2.76. The smallest absolute Gasteiger partial charge is 0.276 e. The molecule has 3 aromatic heterocycles. The van der Waals surface area contributed by atoms with E-state index < -0.39 is 12.0 Å². The van der Waals surface area contributed by atoms with Crippen LogP contribution in [0.15, 0.2) is 128 Å². The lowest BCUT2D eigenvalue weighted by molar-refractivity contribution is -0.421. The van der Waals surface area contributed by atoms with Crippen molar-refractivity contribution in [3.8, 4) is 0 Å². The van der Waals surface area contributed by atoms with Crippen LogP contribution in [0.2, 0.25) is 0 Å². The van der Waals surface area contributed by atoms with Gasteiger partial charge in [-0.3, -0.25) is 48.6 Å². The molecule has 16 nitrogen and oxygen atoms in total. The van der Waals surface area contributed by atoms with E-state index in [1.165, 1.54) is 154 Å². The van der Waals surface area contributed by atoms with Gasteiger partial charge in [0.1, 0.15) is 11.1 Å². The van der Waals surface area contributed by atoms with Gasteiger partial charge in [-0.1, -0.05) is 75.6 Å². The Hall–Kier alpha value is -8.34. The third kappa shape index (κ3) is 9.33. The van der Waals surface area contributed by atoms with Gasteiger partial charge in [0.25, 0.3) is 22.5 Å². The number of hydrogen-bond donors (Lipinski definition) is 2. The minimum atomic E-state index is -0.869. The summed E-state index contributed by atoms with van der Waals surface area (Å²) in [5, 5.41) is 38.9. The molecule has 0 amide bonds. The van der Waals surface area contributed by atoms with E-state index >= 15 is 9.59 Å². The highest BCUT2D eigenvalue weighted by molar-refractivity contribution is 6.40. The van der Waals surface area contributed by atoms with Crippen LogP contribution in [0.25, 0.3) is 92.1 Å². The van der Waals surface area contributed by atoms with Gasteiger partial charge in [0.2, 0.25) is 0 Å². The fourth-order valence-corrected chi connectivity index (χ4v) is 41.9. The first-order valence-electron chi connectivity index (χ1n) is 51.6. The minimum Gasteiger partial charge on any atom is -0.399 e. The molecule has 0 spiro atoms. The summed E-state index contributed by atoms with van der Waals surface area (Å²) >= 11 is 0. The quantitative estimate of drug-likeness (QED) is 0.0525. The molecule has 646 valence electrons. The Kier molecular flexibility index (Phi) is 15.1. The van der Waals surface area contributed by atoms with Gasteiger partial charge in [-0.2, -0.15) is 0 Å². The molecule has 10 aromatic rings. The molecule has 16 saturated carbocycles. The summed E-state index contributed by atoms with van der Waals surface area (Å²) in [6.07, 6.45) is 45.9. The van der Waals surface area contributed by atoms with Crippen molar-refractivity contribution in [3.63, 3.8) is 0 Å². The average molecular weight is 1680 g/mol. The van der Waals surface area contributed by atoms with Gasteiger partial charge in [-0.15, -0.1) is 0 Å². The van der Waals surface area contributed by atoms with Crippen LogP contribution in [0.1, 0.15) is 191 Å². The van der Waals surface area contributed by atoms with Crippen LogP contribution in [-0.2, 0) is 6.54 Å². The van der Waals surface area contributed by atoms with Gasteiger partial charge in [0.05, 0.1) is 38.5 Å². The number of nitrogens with zero attached hydrogens (tertiary/aromatic N) is 8. The van der Waals surface area contributed by atoms with Crippen molar-refractivity contribution in [1.82, 2.24) is 23.8 Å². The molecule has 0 radical (unpaired) electrons. The molecule has 126 heavy (non-hydrogen) atoms. The number of allylic oxidation sites excluding steroid dienone is 4. The van der Waals surface area contributed by atoms with Crippen molar-refractivity contribution >= 4 is 103 Å². The number of aromatic nitrogens is 3. The molecule has 22 atom stereocenters. The molecule has 18 fully saturated rings. The lowest BCUT2D eigenvalue weighted by atomic mass is 9.34. The molecule has 31 rings (SSSR count). The summed E-state index contributed by atoms with van der Waals surface area (Å²) < 4.78 is 3.49. The third-order valence-electron chi connectivity index (χ3n) is 44.4. The van der Waals surface area contributed by atoms with Crippen LogP contribution >= 0.6 is 0 Å². The van der Waals surface area contributed by atoms with Crippen LogP contribution in [0.3, 0.4) is 0 Å². The summed E-state index contributed by atoms with van der Waals surface area (Å²) in [4.78, 5) is 75.1. The molecule has 21 aliphatic rings. The Balaban J connectivity index is 0.460. The van der Waals surface area contributed by atoms with Crippen molar-refractivity contribution in [1.29, 1.82) is 0 Å². The first kappa shape index (κ1) is 73.4. The fourth-order valence-electron chi connectivity index (χ4n) is 41.9. The molecule has 0 bridgehead atoms. The summed E-state index contributed by atoms with van der Waals surface area (Å²) in [5.41, 5.74) is 20.1. The van der Waals surface area contributed by atoms with Gasteiger partial charge < -0.3 is 11.5 Å². The van der Waals surface area contributed by atoms with E-state index in [0.29, 0.717) is 91.6 Å². The predicted molar refractivity (Wildman–Crippen MR) is 494 cm³/mol. The molecule has 4 N–H and O–H groups in total. The topological polar surface area (TPSA) is 214 Å². The minimum absolute atomic E-state index is 0.0578. The van der Waals surface area contributed by atoms with E-state index in [-0.39, 0.29) is 32.4 Å². The molecule has 2 saturated heterocycles. The first-order chi connectivity index (χ1) is 61.8. The Morgan fingerprint density at radius 1 is 0.389 bits per heavy atom. The number of hydrogen-bond acceptors (Lipinski definition) is 12. The highest BCUT2D eigenvalue weighted by atomic mass is 16.6. The van der Waals surface area contributed by atoms with E-state index in [4.69, 9.17) is 21.4 Å². The molecule has 22 unspecified atom stereocenters. The van der Waals surface area contributed by atoms with Crippen molar-refractivity contribution < 1.29 is 9.85 Å². The molecule has 16 heteroatoms. The first-order valence-corrected chi connectivity index (χ1v) is 51.6. The van der Waals surface area contributed by atoms with Crippen molar-refractivity contribution in [3.05, 3.63) is 165 Å². The second-order valence-corrected chi connectivity index (χ2v) is 47.5. The number of rotatable bonds is 6. The van der Waals surface area contributed by atoms with Gasteiger partial charge in [0.15, 0.2) is 0 Å². The lowest BCUT2D eigenvalue weighted by Gasteiger charge is -2.71. The lowest BCUT2D eigenvalue weighted by Crippen LogP contribution is -2.66. The van der Waals surface area contributed by atoms with Crippen molar-refractivity contribution in [2.75, 3.05) is 44.2 Å². The number of benzene rings is 7.